The van der Waals surface area contributed by atoms with Gasteiger partial charge in [0.25, 0.3) is 0 Å². The SMILES string of the molecule is Cn1cc(-c2ccnc3[nH]ccc23)c(-c2cscn2)n1. The van der Waals surface area contributed by atoms with Gasteiger partial charge in [-0.15, -0.1) is 11.3 Å². The van der Waals surface area contributed by atoms with E-state index in [1.807, 2.05) is 53.3 Å². The van der Waals surface area contributed by atoms with Gasteiger partial charge in [0.05, 0.1) is 5.51 Å². The minimum Gasteiger partial charge on any atom is -0.346 e. The normalized spacial score (nSPS) is 11.2. The molecule has 6 heteroatoms. The summed E-state index contributed by atoms with van der Waals surface area (Å²) in [4.78, 5) is 11.8. The minimum absolute atomic E-state index is 0.885. The summed E-state index contributed by atoms with van der Waals surface area (Å²) >= 11 is 1.57. The molecular weight excluding hydrogens is 270 g/mol. The number of thiazole rings is 1. The molecule has 0 atom stereocenters. The van der Waals surface area contributed by atoms with Crippen LogP contribution in [0.3, 0.4) is 0 Å². The molecule has 0 bridgehead atoms. The second kappa shape index (κ2) is 4.28. The van der Waals surface area contributed by atoms with Crippen LogP contribution in [0.25, 0.3) is 33.5 Å². The molecule has 5 nitrogen and oxygen atoms in total. The van der Waals surface area contributed by atoms with E-state index in [2.05, 4.69) is 20.1 Å². The number of aryl methyl sites for hydroxylation is 1. The van der Waals surface area contributed by atoms with Crippen molar-refractivity contribution in [2.45, 2.75) is 0 Å². The van der Waals surface area contributed by atoms with E-state index < -0.39 is 0 Å². The summed E-state index contributed by atoms with van der Waals surface area (Å²) in [5.41, 5.74) is 6.72. The fraction of sp³-hybridized carbons (Fsp3) is 0.0714. The van der Waals surface area contributed by atoms with E-state index in [-0.39, 0.29) is 0 Å². The Morgan fingerprint density at radius 2 is 2.15 bits per heavy atom. The smallest absolute Gasteiger partial charge is 0.137 e. The van der Waals surface area contributed by atoms with Gasteiger partial charge in [-0.2, -0.15) is 5.10 Å². The Hall–Kier alpha value is -2.47. The van der Waals surface area contributed by atoms with Crippen LogP contribution >= 0.6 is 11.3 Å². The summed E-state index contributed by atoms with van der Waals surface area (Å²) in [6.45, 7) is 0. The number of nitrogens with one attached hydrogen (secondary N) is 1. The number of rotatable bonds is 2. The second-order valence-corrected chi connectivity index (χ2v) is 5.26. The summed E-state index contributed by atoms with van der Waals surface area (Å²) in [5.74, 6) is 0. The van der Waals surface area contributed by atoms with Crippen LogP contribution in [-0.2, 0) is 7.05 Å². The molecule has 98 valence electrons. The highest BCUT2D eigenvalue weighted by molar-refractivity contribution is 7.07. The predicted octanol–water partition coefficient (Wildman–Crippen LogP) is 3.09. The van der Waals surface area contributed by atoms with Gasteiger partial charge in [-0.25, -0.2) is 9.97 Å². The van der Waals surface area contributed by atoms with Crippen LogP contribution in [0.1, 0.15) is 0 Å². The van der Waals surface area contributed by atoms with E-state index in [1.54, 1.807) is 11.3 Å². The lowest BCUT2D eigenvalue weighted by Gasteiger charge is -2.02. The van der Waals surface area contributed by atoms with Crippen molar-refractivity contribution in [3.05, 3.63) is 41.6 Å². The Morgan fingerprint density at radius 1 is 1.20 bits per heavy atom. The molecule has 4 heterocycles. The molecule has 0 aliphatic rings. The maximum Gasteiger partial charge on any atom is 0.137 e. The Morgan fingerprint density at radius 3 is 3.00 bits per heavy atom. The number of hydrogen-bond acceptors (Lipinski definition) is 4. The number of H-pyrrole nitrogens is 1. The first-order valence-electron chi connectivity index (χ1n) is 6.17. The number of aromatic nitrogens is 5. The fourth-order valence-electron chi connectivity index (χ4n) is 2.40. The van der Waals surface area contributed by atoms with Crippen molar-refractivity contribution in [1.82, 2.24) is 24.7 Å². The van der Waals surface area contributed by atoms with Gasteiger partial charge in [0.1, 0.15) is 17.0 Å². The van der Waals surface area contributed by atoms with E-state index in [0.717, 1.165) is 33.5 Å². The largest absolute Gasteiger partial charge is 0.346 e. The molecule has 0 unspecified atom stereocenters. The maximum absolute atomic E-state index is 4.55. The summed E-state index contributed by atoms with van der Waals surface area (Å²) in [6.07, 6.45) is 5.74. The average molecular weight is 281 g/mol. The van der Waals surface area contributed by atoms with Crippen LogP contribution < -0.4 is 0 Å². The van der Waals surface area contributed by atoms with Gasteiger partial charge in [0.2, 0.25) is 0 Å². The van der Waals surface area contributed by atoms with E-state index in [9.17, 15) is 0 Å². The molecule has 0 fully saturated rings. The third kappa shape index (κ3) is 1.65. The molecule has 4 aromatic heterocycles. The highest BCUT2D eigenvalue weighted by atomic mass is 32.1. The molecule has 0 aromatic carbocycles. The van der Waals surface area contributed by atoms with Gasteiger partial charge in [-0.3, -0.25) is 4.68 Å². The Kier molecular flexibility index (Phi) is 2.43. The molecule has 4 aromatic rings. The Bertz CT molecular complexity index is 872. The lowest BCUT2D eigenvalue weighted by molar-refractivity contribution is 0.770. The molecule has 20 heavy (non-hydrogen) atoms. The number of hydrogen-bond donors (Lipinski definition) is 1. The van der Waals surface area contributed by atoms with Gasteiger partial charge in [-0.1, -0.05) is 0 Å². The lowest BCUT2D eigenvalue weighted by atomic mass is 10.0. The van der Waals surface area contributed by atoms with Gasteiger partial charge in [-0.05, 0) is 17.7 Å². The third-order valence-corrected chi connectivity index (χ3v) is 3.84. The van der Waals surface area contributed by atoms with Crippen molar-refractivity contribution >= 4 is 22.4 Å². The zero-order valence-corrected chi connectivity index (χ0v) is 11.6. The number of fused-ring (bicyclic) bond motifs is 1. The number of nitrogens with zero attached hydrogens (tertiary/aromatic N) is 4. The first-order valence-corrected chi connectivity index (χ1v) is 7.12. The molecular formula is C14H11N5S. The van der Waals surface area contributed by atoms with Crippen molar-refractivity contribution in [1.29, 1.82) is 0 Å². The monoisotopic (exact) mass is 281 g/mol. The molecule has 0 radical (unpaired) electrons. The first-order chi connectivity index (χ1) is 9.83. The zero-order valence-electron chi connectivity index (χ0n) is 10.7. The van der Waals surface area contributed by atoms with Crippen LogP contribution in [0.2, 0.25) is 0 Å². The van der Waals surface area contributed by atoms with Crippen molar-refractivity contribution in [3.63, 3.8) is 0 Å². The topological polar surface area (TPSA) is 59.4 Å². The third-order valence-electron chi connectivity index (χ3n) is 3.25. The average Bonchev–Trinajstić information content (AvgIpc) is 3.17. The number of pyridine rings is 1. The standard InChI is InChI=1S/C14H11N5S/c1-19-6-11(13(18-19)12-7-20-8-17-12)9-2-4-15-14-10(9)3-5-16-14/h2-8H,1H3,(H,15,16). The summed E-state index contributed by atoms with van der Waals surface area (Å²) < 4.78 is 1.82. The summed E-state index contributed by atoms with van der Waals surface area (Å²) in [5, 5.41) is 7.66. The van der Waals surface area contributed by atoms with Gasteiger partial charge >= 0.3 is 0 Å². The molecule has 0 aliphatic carbocycles. The number of aromatic amines is 1. The van der Waals surface area contributed by atoms with E-state index in [4.69, 9.17) is 0 Å². The van der Waals surface area contributed by atoms with Gasteiger partial charge < -0.3 is 4.98 Å². The second-order valence-electron chi connectivity index (χ2n) is 4.54. The van der Waals surface area contributed by atoms with E-state index >= 15 is 0 Å². The maximum atomic E-state index is 4.55. The first kappa shape index (κ1) is 11.4. The van der Waals surface area contributed by atoms with Crippen LogP contribution in [0, 0.1) is 0 Å². The lowest BCUT2D eigenvalue weighted by Crippen LogP contribution is -1.87. The Labute approximate surface area is 118 Å². The zero-order chi connectivity index (χ0) is 13.5. The van der Waals surface area contributed by atoms with Crippen molar-refractivity contribution in [3.8, 4) is 22.5 Å². The molecule has 0 amide bonds. The fourth-order valence-corrected chi connectivity index (χ4v) is 2.94. The van der Waals surface area contributed by atoms with Gasteiger partial charge in [0, 0.05) is 42.0 Å². The van der Waals surface area contributed by atoms with Crippen LogP contribution in [0.15, 0.2) is 41.6 Å². The minimum atomic E-state index is 0.885. The Balaban J connectivity index is 2.01. The quantitative estimate of drug-likeness (QED) is 0.614. The van der Waals surface area contributed by atoms with Crippen molar-refractivity contribution in [2.24, 2.45) is 7.05 Å². The van der Waals surface area contributed by atoms with Crippen molar-refractivity contribution < 1.29 is 0 Å². The van der Waals surface area contributed by atoms with Crippen LogP contribution in [0.4, 0.5) is 0 Å². The molecule has 1 N–H and O–H groups in total. The molecule has 0 saturated carbocycles. The van der Waals surface area contributed by atoms with E-state index in [1.165, 1.54) is 0 Å². The van der Waals surface area contributed by atoms with Crippen LogP contribution in [-0.4, -0.2) is 24.7 Å². The predicted molar refractivity (Wildman–Crippen MR) is 79.4 cm³/mol. The molecule has 0 aliphatic heterocycles. The highest BCUT2D eigenvalue weighted by Crippen LogP contribution is 2.34. The van der Waals surface area contributed by atoms with Crippen molar-refractivity contribution in [2.75, 3.05) is 0 Å². The van der Waals surface area contributed by atoms with Gasteiger partial charge in [0.15, 0.2) is 0 Å². The highest BCUT2D eigenvalue weighted by Gasteiger charge is 2.16. The molecule has 0 saturated heterocycles. The molecule has 4 rings (SSSR count). The molecule has 0 spiro atoms. The summed E-state index contributed by atoms with van der Waals surface area (Å²) in [6, 6.07) is 4.05. The van der Waals surface area contributed by atoms with E-state index in [0.29, 0.717) is 0 Å². The summed E-state index contributed by atoms with van der Waals surface area (Å²) in [7, 11) is 1.93. The van der Waals surface area contributed by atoms with Crippen LogP contribution in [0.5, 0.6) is 0 Å².